The van der Waals surface area contributed by atoms with Crippen LogP contribution >= 0.6 is 0 Å². The Bertz CT molecular complexity index is 1030. The van der Waals surface area contributed by atoms with E-state index in [2.05, 4.69) is 0 Å². The number of aryl methyl sites for hydroxylation is 1. The van der Waals surface area contributed by atoms with Crippen molar-refractivity contribution in [3.8, 4) is 5.75 Å². The Hall–Kier alpha value is -2.93. The van der Waals surface area contributed by atoms with Crippen LogP contribution < -0.4 is 4.18 Å². The third kappa shape index (κ3) is 2.93. The normalized spacial score (nSPS) is 11.4. The largest absolute Gasteiger partial charge is 0.378 e. The van der Waals surface area contributed by atoms with Crippen LogP contribution in [0.15, 0.2) is 65.6 Å². The minimum absolute atomic E-state index is 0.0236. The molecule has 0 fully saturated rings. The molecule has 0 aromatic heterocycles. The van der Waals surface area contributed by atoms with Gasteiger partial charge >= 0.3 is 10.1 Å². The molecule has 0 heterocycles. The number of fused-ring (bicyclic) bond motifs is 1. The number of non-ortho nitro benzene ring substituents is 1. The number of hydrogen-bond donors (Lipinski definition) is 0. The van der Waals surface area contributed by atoms with Crippen LogP contribution in [-0.4, -0.2) is 13.3 Å². The van der Waals surface area contributed by atoms with E-state index < -0.39 is 15.0 Å². The molecule has 0 spiro atoms. The third-order valence-corrected chi connectivity index (χ3v) is 4.82. The van der Waals surface area contributed by atoms with Gasteiger partial charge in [-0.3, -0.25) is 10.1 Å². The van der Waals surface area contributed by atoms with Crippen molar-refractivity contribution in [3.05, 3.63) is 76.3 Å². The Balaban J connectivity index is 2.09. The summed E-state index contributed by atoms with van der Waals surface area (Å²) >= 11 is 0. The number of hydrogen-bond acceptors (Lipinski definition) is 5. The SMILES string of the molecule is Cc1ccc(S(=O)(=O)Oc2ccc([N+](=O)[O-])c3ccccc23)cc1. The van der Waals surface area contributed by atoms with Gasteiger partial charge in [-0.25, -0.2) is 0 Å². The molecule has 0 radical (unpaired) electrons. The van der Waals surface area contributed by atoms with E-state index >= 15 is 0 Å². The summed E-state index contributed by atoms with van der Waals surface area (Å²) in [6, 6.07) is 15.2. The standard InChI is InChI=1S/C17H13NO5S/c1-12-6-8-13(9-7-12)24(21,22)23-17-11-10-16(18(19)20)14-4-2-3-5-15(14)17/h2-11H,1H3. The fourth-order valence-electron chi connectivity index (χ4n) is 2.36. The summed E-state index contributed by atoms with van der Waals surface area (Å²) in [5.74, 6) is 0.0526. The molecule has 7 heteroatoms. The van der Waals surface area contributed by atoms with Crippen LogP contribution in [0.2, 0.25) is 0 Å². The topological polar surface area (TPSA) is 86.5 Å². The summed E-state index contributed by atoms with van der Waals surface area (Å²) in [6.45, 7) is 1.85. The molecule has 3 rings (SSSR count). The highest BCUT2D eigenvalue weighted by molar-refractivity contribution is 7.87. The zero-order chi connectivity index (χ0) is 17.3. The minimum Gasteiger partial charge on any atom is -0.378 e. The first-order valence-corrected chi connectivity index (χ1v) is 8.46. The number of nitro benzene ring substituents is 1. The summed E-state index contributed by atoms with van der Waals surface area (Å²) in [7, 11) is -4.02. The molecule has 0 aliphatic rings. The first-order chi connectivity index (χ1) is 11.4. The van der Waals surface area contributed by atoms with E-state index in [0.717, 1.165) is 5.56 Å². The van der Waals surface area contributed by atoms with Gasteiger partial charge in [-0.05, 0) is 31.2 Å². The Morgan fingerprint density at radius 2 is 1.54 bits per heavy atom. The lowest BCUT2D eigenvalue weighted by Crippen LogP contribution is -2.10. The second kappa shape index (κ2) is 5.93. The van der Waals surface area contributed by atoms with Gasteiger partial charge in [-0.15, -0.1) is 0 Å². The van der Waals surface area contributed by atoms with Crippen LogP contribution in [0.4, 0.5) is 5.69 Å². The predicted octanol–water partition coefficient (Wildman–Crippen LogP) is 3.82. The molecule has 122 valence electrons. The van der Waals surface area contributed by atoms with Crippen molar-refractivity contribution in [2.24, 2.45) is 0 Å². The molecule has 0 saturated carbocycles. The van der Waals surface area contributed by atoms with Gasteiger partial charge in [0.2, 0.25) is 0 Å². The van der Waals surface area contributed by atoms with Gasteiger partial charge in [0.1, 0.15) is 4.90 Å². The Morgan fingerprint density at radius 1 is 0.917 bits per heavy atom. The summed E-state index contributed by atoms with van der Waals surface area (Å²) < 4.78 is 30.1. The molecule has 0 aliphatic carbocycles. The van der Waals surface area contributed by atoms with Crippen molar-refractivity contribution < 1.29 is 17.5 Å². The van der Waals surface area contributed by atoms with E-state index in [9.17, 15) is 18.5 Å². The van der Waals surface area contributed by atoms with Crippen molar-refractivity contribution in [3.63, 3.8) is 0 Å². The molecule has 0 amide bonds. The maximum atomic E-state index is 12.4. The van der Waals surface area contributed by atoms with Gasteiger partial charge < -0.3 is 4.18 Å². The summed E-state index contributed by atoms with van der Waals surface area (Å²) in [5, 5.41) is 11.8. The second-order valence-electron chi connectivity index (χ2n) is 5.24. The van der Waals surface area contributed by atoms with Crippen LogP contribution in [0.5, 0.6) is 5.75 Å². The highest BCUT2D eigenvalue weighted by Gasteiger charge is 2.20. The van der Waals surface area contributed by atoms with Gasteiger partial charge in [0.05, 0.1) is 10.3 Å². The first-order valence-electron chi connectivity index (χ1n) is 7.06. The van der Waals surface area contributed by atoms with Crippen LogP contribution in [0.25, 0.3) is 10.8 Å². The van der Waals surface area contributed by atoms with Gasteiger partial charge in [0, 0.05) is 11.5 Å². The van der Waals surface area contributed by atoms with Crippen molar-refractivity contribution in [2.75, 3.05) is 0 Å². The van der Waals surface area contributed by atoms with Crippen LogP contribution in [-0.2, 0) is 10.1 Å². The van der Waals surface area contributed by atoms with E-state index in [1.807, 2.05) is 6.92 Å². The highest BCUT2D eigenvalue weighted by atomic mass is 32.2. The maximum Gasteiger partial charge on any atom is 0.339 e. The molecular weight excluding hydrogens is 330 g/mol. The van der Waals surface area contributed by atoms with Crippen molar-refractivity contribution in [1.29, 1.82) is 0 Å². The van der Waals surface area contributed by atoms with Gasteiger partial charge in [-0.1, -0.05) is 35.9 Å². The smallest absolute Gasteiger partial charge is 0.339 e. The molecule has 0 bridgehead atoms. The van der Waals surface area contributed by atoms with Gasteiger partial charge in [0.15, 0.2) is 5.75 Å². The van der Waals surface area contributed by atoms with Crippen LogP contribution in [0.3, 0.4) is 0 Å². The van der Waals surface area contributed by atoms with Crippen molar-refractivity contribution >= 4 is 26.6 Å². The minimum atomic E-state index is -4.02. The number of rotatable bonds is 4. The highest BCUT2D eigenvalue weighted by Crippen LogP contribution is 2.34. The molecule has 0 aliphatic heterocycles. The summed E-state index contributed by atoms with van der Waals surface area (Å²) in [4.78, 5) is 10.6. The molecule has 0 saturated heterocycles. The molecule has 0 unspecified atom stereocenters. The molecule has 0 N–H and O–H groups in total. The van der Waals surface area contributed by atoms with Gasteiger partial charge in [-0.2, -0.15) is 8.42 Å². The number of nitro groups is 1. The van der Waals surface area contributed by atoms with Crippen LogP contribution in [0.1, 0.15) is 5.56 Å². The van der Waals surface area contributed by atoms with Gasteiger partial charge in [0.25, 0.3) is 5.69 Å². The molecule has 0 atom stereocenters. The Kier molecular flexibility index (Phi) is 3.94. The number of nitrogens with zero attached hydrogens (tertiary/aromatic N) is 1. The monoisotopic (exact) mass is 343 g/mol. The fraction of sp³-hybridized carbons (Fsp3) is 0.0588. The summed E-state index contributed by atoms with van der Waals surface area (Å²) in [6.07, 6.45) is 0. The molecule has 24 heavy (non-hydrogen) atoms. The molecule has 3 aromatic rings. The third-order valence-electron chi connectivity index (χ3n) is 3.57. The molecule has 3 aromatic carbocycles. The number of benzene rings is 3. The first kappa shape index (κ1) is 15.9. The van der Waals surface area contributed by atoms with E-state index in [-0.39, 0.29) is 16.3 Å². The van der Waals surface area contributed by atoms with E-state index in [4.69, 9.17) is 4.18 Å². The maximum absolute atomic E-state index is 12.4. The van der Waals surface area contributed by atoms with Crippen molar-refractivity contribution in [2.45, 2.75) is 11.8 Å². The van der Waals surface area contributed by atoms with Crippen LogP contribution in [0, 0.1) is 17.0 Å². The predicted molar refractivity (Wildman–Crippen MR) is 89.6 cm³/mol. The zero-order valence-corrected chi connectivity index (χ0v) is 13.5. The average Bonchev–Trinajstić information content (AvgIpc) is 2.55. The Labute approximate surface area is 138 Å². The fourth-order valence-corrected chi connectivity index (χ4v) is 3.31. The Morgan fingerprint density at radius 3 is 2.17 bits per heavy atom. The lowest BCUT2D eigenvalue weighted by molar-refractivity contribution is -0.383. The quantitative estimate of drug-likeness (QED) is 0.408. The van der Waals surface area contributed by atoms with E-state index in [0.29, 0.717) is 10.8 Å². The molecular formula is C17H13NO5S. The lowest BCUT2D eigenvalue weighted by atomic mass is 10.1. The van der Waals surface area contributed by atoms with E-state index in [1.54, 1.807) is 36.4 Å². The average molecular weight is 343 g/mol. The van der Waals surface area contributed by atoms with E-state index in [1.165, 1.54) is 24.3 Å². The van der Waals surface area contributed by atoms with Crippen molar-refractivity contribution in [1.82, 2.24) is 0 Å². The summed E-state index contributed by atoms with van der Waals surface area (Å²) in [5.41, 5.74) is 0.820. The zero-order valence-electron chi connectivity index (χ0n) is 12.7. The second-order valence-corrected chi connectivity index (χ2v) is 6.78. The molecule has 6 nitrogen and oxygen atoms in total. The lowest BCUT2D eigenvalue weighted by Gasteiger charge is -2.10.